The molecule has 16 aromatic rings. The van der Waals surface area contributed by atoms with Gasteiger partial charge in [-0.3, -0.25) is 58.5 Å². The van der Waals surface area contributed by atoms with Gasteiger partial charge in [0, 0.05) is 206 Å². The van der Waals surface area contributed by atoms with E-state index < -0.39 is 0 Å². The van der Waals surface area contributed by atoms with Gasteiger partial charge < -0.3 is 9.47 Å². The van der Waals surface area contributed by atoms with Crippen molar-refractivity contribution < 1.29 is 14.3 Å². The molecule has 29 rings (SSSR count). The fourth-order valence-corrected chi connectivity index (χ4v) is 25.7. The van der Waals surface area contributed by atoms with Crippen LogP contribution in [0.4, 0.5) is 0 Å². The van der Waals surface area contributed by atoms with Gasteiger partial charge in [-0.25, -0.2) is 4.68 Å². The summed E-state index contributed by atoms with van der Waals surface area (Å²) < 4.78 is 21.7. The van der Waals surface area contributed by atoms with Gasteiger partial charge in [-0.15, -0.1) is 0 Å². The lowest BCUT2D eigenvalue weighted by Gasteiger charge is -2.25. The van der Waals surface area contributed by atoms with Crippen LogP contribution in [-0.2, 0) is 48.0 Å². The van der Waals surface area contributed by atoms with Crippen molar-refractivity contribution in [2.24, 2.45) is 23.7 Å². The van der Waals surface area contributed by atoms with Gasteiger partial charge in [-0.2, -0.15) is 51.6 Å². The zero-order chi connectivity index (χ0) is 94.0. The molecule has 12 aromatic heterocycles. The fourth-order valence-electron chi connectivity index (χ4n) is 25.7. The van der Waals surface area contributed by atoms with Crippen molar-refractivity contribution in [2.75, 3.05) is 13.7 Å². The average Bonchev–Trinajstić information content (AvgIpc) is 1.58. The van der Waals surface area contributed by atoms with E-state index in [1.54, 1.807) is 13.3 Å². The predicted octanol–water partition coefficient (Wildman–Crippen LogP) is 16.8. The van der Waals surface area contributed by atoms with Crippen LogP contribution in [0.5, 0.6) is 0 Å². The Morgan fingerprint density at radius 3 is 1.27 bits per heavy atom. The Morgan fingerprint density at radius 2 is 0.820 bits per heavy atom. The highest BCUT2D eigenvalue weighted by molar-refractivity contribution is 6.34. The Balaban J connectivity index is 0.0000000910. The summed E-state index contributed by atoms with van der Waals surface area (Å²) in [5.74, 6) is 2.15. The van der Waals surface area contributed by atoms with E-state index in [2.05, 4.69) is 195 Å². The number of carbonyl (C=O) groups excluding carboxylic acids is 1. The second kappa shape index (κ2) is 35.9. The maximum atomic E-state index is 13.2. The molecule has 4 aromatic carbocycles. The topological polar surface area (TPSA) is 326 Å². The van der Waals surface area contributed by atoms with E-state index in [1.807, 2.05) is 64.9 Å². The average molecular weight is 1830 g/mol. The van der Waals surface area contributed by atoms with Crippen molar-refractivity contribution in [2.45, 2.75) is 223 Å². The first kappa shape index (κ1) is 86.9. The number of hydrogen-bond acceptors (Lipinski definition) is 19. The standard InChI is InChI=1S/3C21H20N4.C20H18N4O.C18H19N3O2.C13H9N3/c3*1-13-15-6-7-18-20(15)16(9-11-23-18)17-12-25(24-21(13)17)19(8-10-22)14-4-2-3-5-14;21-9-7-17(12-3-1-2-4-12)24-19-15(11-23-24)13-8-10-22-16-6-5-14(18(13)16)20(19)25;1-22-18-12-5-6-14-16(12)11(7-8-19-14)13-10-21(20-17(13)18)15-4-2-3-9-23-15;1-7-8-2-3-11-12(8)9(4-5-14-11)10-6-15-16-13(7)10/h3*6,9,11-12,14,19H,1-5,7-8H2;5,8,10-12,17H,1-4,6-7H2;5,7-8,10,15,18H,2-4,6,9H2,1H3;2,4-6H,1,3H2,(H,15,16)/t2*19-;;;;/m10..../s1. The minimum Gasteiger partial charge on any atom is -0.370 e. The molecule has 13 aliphatic rings. The molecule has 5 fully saturated rings. The van der Waals surface area contributed by atoms with Gasteiger partial charge in [0.25, 0.3) is 0 Å². The molecule has 1 saturated heterocycles. The SMILES string of the molecule is C=c1c2c3c(nccc3c3cn(C(CC#N)C4CCCC4)nc13)CC=2.C=c1c2c3c(nccc3c3cn([C@@H](CC#N)C4CCCC4)nc13)CC=2.C=c1c2c3c(nccc3c3cn([C@H](CC#N)C4CCCC4)nc13)CC=2.C=c1c2c3c(nccc3c3cn[nH]c13)CC=2.COC1C2=CCc3nccc(c32)-c2cn(C3CCCCO3)nc21.N#CCC(C1CCCC1)n1ncc2c1C(=O)C1=CCc3nccc-2c31. The number of aromatic nitrogens is 18. The fraction of sp³-hybridized carbons (Fsp3) is 0.360. The number of ether oxygens (including phenoxy) is 2. The minimum absolute atomic E-state index is 0.00920. The Hall–Kier alpha value is -14.9. The van der Waals surface area contributed by atoms with E-state index in [9.17, 15) is 25.8 Å². The lowest BCUT2D eigenvalue weighted by molar-refractivity contribution is -0.0400. The molecule has 1 N–H and O–H groups in total. The number of rotatable bonds is 14. The van der Waals surface area contributed by atoms with E-state index in [-0.39, 0.29) is 42.3 Å². The molecule has 139 heavy (non-hydrogen) atoms. The third-order valence-electron chi connectivity index (χ3n) is 32.4. The number of ketones is 1. The number of pyridine rings is 6. The number of nitriles is 4. The van der Waals surface area contributed by atoms with E-state index >= 15 is 0 Å². The zero-order valence-corrected chi connectivity index (χ0v) is 78.3. The number of nitrogens with one attached hydrogen (secondary N) is 1. The zero-order valence-electron chi connectivity index (χ0n) is 78.3. The third kappa shape index (κ3) is 14.6. The molecule has 6 atom stereocenters. The molecule has 12 aliphatic carbocycles. The highest BCUT2D eigenvalue weighted by Crippen LogP contribution is 2.52. The maximum Gasteiger partial charge on any atom is 0.212 e. The van der Waals surface area contributed by atoms with Crippen molar-refractivity contribution in [3.63, 3.8) is 0 Å². The quantitative estimate of drug-likeness (QED) is 0.106. The molecule has 0 radical (unpaired) electrons. The normalized spacial score (nSPS) is 18.8. The van der Waals surface area contributed by atoms with Crippen LogP contribution in [-0.4, -0.2) is 109 Å². The summed E-state index contributed by atoms with van der Waals surface area (Å²) in [5, 5.41) is 91.9. The number of allylic oxidation sites excluding steroid dienone is 3. The van der Waals surface area contributed by atoms with Gasteiger partial charge in [-0.1, -0.05) is 114 Å². The third-order valence-corrected chi connectivity index (χ3v) is 32.4. The van der Waals surface area contributed by atoms with Crippen molar-refractivity contribution in [3.05, 3.63) is 221 Å². The number of aromatic amines is 1. The highest BCUT2D eigenvalue weighted by Gasteiger charge is 2.42. The number of Topliss-reactive ketones (excluding diaryl/α,β-unsaturated/α-hetero) is 1. The Kier molecular flexibility index (Phi) is 22.5. The molecular weight excluding hydrogens is 1730 g/mol. The Labute approximate surface area is 801 Å². The predicted molar refractivity (Wildman–Crippen MR) is 540 cm³/mol. The van der Waals surface area contributed by atoms with Gasteiger partial charge in [0.15, 0.2) is 0 Å². The number of carbonyl (C=O) groups is 1. The van der Waals surface area contributed by atoms with E-state index in [4.69, 9.17) is 29.9 Å². The first-order chi connectivity index (χ1) is 68.3. The number of H-pyrrole nitrogens is 1. The molecule has 25 heteroatoms. The van der Waals surface area contributed by atoms with Crippen LogP contribution in [0.25, 0.3) is 171 Å². The van der Waals surface area contributed by atoms with Crippen molar-refractivity contribution >= 4 is 154 Å². The molecule has 0 spiro atoms. The molecule has 690 valence electrons. The van der Waals surface area contributed by atoms with Gasteiger partial charge in [-0.05, 0) is 190 Å². The van der Waals surface area contributed by atoms with Gasteiger partial charge in [0.2, 0.25) is 5.78 Å². The number of fused-ring (bicyclic) bond motifs is 12. The first-order valence-corrected chi connectivity index (χ1v) is 49.9. The molecule has 13 heterocycles. The monoisotopic (exact) mass is 1830 g/mol. The number of nitrogens with zero attached hydrogens (tertiary/aromatic N) is 21. The van der Waals surface area contributed by atoms with Crippen LogP contribution in [0.2, 0.25) is 0 Å². The minimum atomic E-state index is -0.104. The van der Waals surface area contributed by atoms with Crippen molar-refractivity contribution in [3.8, 4) is 46.5 Å². The summed E-state index contributed by atoms with van der Waals surface area (Å²) in [4.78, 5) is 40.2. The maximum absolute atomic E-state index is 13.2. The van der Waals surface area contributed by atoms with E-state index in [1.165, 1.54) is 177 Å². The molecule has 4 saturated carbocycles. The summed E-state index contributed by atoms with van der Waals surface area (Å²) >= 11 is 0. The van der Waals surface area contributed by atoms with Crippen LogP contribution in [0.1, 0.15) is 246 Å². The number of hydrogen-bond donors (Lipinski definition) is 1. The number of benzene rings is 4. The summed E-state index contributed by atoms with van der Waals surface area (Å²) in [7, 11) is 1.75. The second-order valence-corrected chi connectivity index (χ2v) is 39.7. The van der Waals surface area contributed by atoms with E-state index in [0.717, 1.165) is 197 Å². The van der Waals surface area contributed by atoms with Crippen molar-refractivity contribution in [1.82, 2.24) is 89.0 Å². The highest BCUT2D eigenvalue weighted by atomic mass is 16.5. The summed E-state index contributed by atoms with van der Waals surface area (Å²) in [6.45, 7) is 17.9. The van der Waals surface area contributed by atoms with Crippen LogP contribution < -0.4 is 41.7 Å². The van der Waals surface area contributed by atoms with Crippen LogP contribution in [0.3, 0.4) is 0 Å². The Bertz CT molecular complexity index is 8160. The summed E-state index contributed by atoms with van der Waals surface area (Å²) in [6.07, 6.45) is 66.4. The largest absolute Gasteiger partial charge is 0.370 e. The molecule has 0 amide bonds. The lowest BCUT2D eigenvalue weighted by Crippen LogP contribution is -2.24. The number of methoxy groups -OCH3 is 1. The Morgan fingerprint density at radius 1 is 0.424 bits per heavy atom. The summed E-state index contributed by atoms with van der Waals surface area (Å²) in [5.41, 5.74) is 20.8. The smallest absolute Gasteiger partial charge is 0.212 e. The second-order valence-electron chi connectivity index (χ2n) is 39.7. The molecule has 0 bridgehead atoms. The first-order valence-electron chi connectivity index (χ1n) is 49.9. The van der Waals surface area contributed by atoms with Crippen LogP contribution >= 0.6 is 0 Å². The molecule has 1 aliphatic heterocycles. The van der Waals surface area contributed by atoms with Gasteiger partial charge >= 0.3 is 0 Å². The van der Waals surface area contributed by atoms with E-state index in [0.29, 0.717) is 61.5 Å². The molecule has 4 unspecified atom stereocenters. The summed E-state index contributed by atoms with van der Waals surface area (Å²) in [6, 6.07) is 22.3. The molecular formula is C114H106N22O3. The lowest BCUT2D eigenvalue weighted by atomic mass is 9.86. The molecule has 25 nitrogen and oxygen atoms in total. The van der Waals surface area contributed by atoms with Crippen molar-refractivity contribution in [1.29, 1.82) is 21.0 Å². The van der Waals surface area contributed by atoms with Crippen LogP contribution in [0.15, 0.2) is 123 Å². The van der Waals surface area contributed by atoms with Gasteiger partial charge in [0.05, 0.1) is 126 Å². The van der Waals surface area contributed by atoms with Crippen LogP contribution in [0, 0.1) is 69.0 Å². The van der Waals surface area contributed by atoms with Gasteiger partial charge in [0.1, 0.15) is 40.3 Å².